The lowest BCUT2D eigenvalue weighted by molar-refractivity contribution is -0.114. The minimum absolute atomic E-state index is 0.131. The van der Waals surface area contributed by atoms with Crippen LogP contribution in [0.5, 0.6) is 0 Å². The molecule has 0 saturated carbocycles. The van der Waals surface area contributed by atoms with Crippen LogP contribution >= 0.6 is 0 Å². The highest BCUT2D eigenvalue weighted by molar-refractivity contribution is 6.04. The van der Waals surface area contributed by atoms with E-state index in [-0.39, 0.29) is 17.5 Å². The summed E-state index contributed by atoms with van der Waals surface area (Å²) in [5.41, 5.74) is 4.41. The maximum atomic E-state index is 11.5. The van der Waals surface area contributed by atoms with Crippen molar-refractivity contribution in [3.05, 3.63) is 54.2 Å². The molecule has 0 radical (unpaired) electrons. The van der Waals surface area contributed by atoms with Crippen LogP contribution in [0, 0.1) is 0 Å². The number of carboxylic acid groups (broad SMARTS) is 1. The van der Waals surface area contributed by atoms with Crippen LogP contribution in [-0.4, -0.2) is 35.1 Å². The summed E-state index contributed by atoms with van der Waals surface area (Å²) in [5, 5.41) is 13.0. The average Bonchev–Trinajstić information content (AvgIpc) is 2.66. The number of aromatic carboxylic acids is 1. The van der Waals surface area contributed by atoms with Crippen LogP contribution in [0.4, 0.5) is 11.4 Å². The van der Waals surface area contributed by atoms with Crippen LogP contribution in [0.2, 0.25) is 0 Å². The molecule has 0 unspecified atom stereocenters. The standard InChI is InChI=1S/C22H23N3O3/c1-13(2)25(4)20-12-23-19-10-7-16(22(27)28)11-18(19)21(20)15-5-8-17(9-6-15)24-14(3)26/h5-13H,1-4H3,(H,24,26)(H,27,28). The van der Waals surface area contributed by atoms with Crippen molar-refractivity contribution in [2.24, 2.45) is 0 Å². The van der Waals surface area contributed by atoms with E-state index in [2.05, 4.69) is 29.0 Å². The Bertz CT molecular complexity index is 1040. The van der Waals surface area contributed by atoms with Gasteiger partial charge in [-0.05, 0) is 49.7 Å². The Labute approximate surface area is 163 Å². The Kier molecular flexibility index (Phi) is 5.31. The molecule has 1 heterocycles. The SMILES string of the molecule is CC(=O)Nc1ccc(-c2c(N(C)C(C)C)cnc3ccc(C(=O)O)cc23)cc1. The number of pyridine rings is 1. The van der Waals surface area contributed by atoms with Crippen molar-refractivity contribution in [1.82, 2.24) is 4.98 Å². The van der Waals surface area contributed by atoms with Crippen LogP contribution in [0.15, 0.2) is 48.7 Å². The quantitative estimate of drug-likeness (QED) is 0.688. The van der Waals surface area contributed by atoms with Crippen molar-refractivity contribution in [3.8, 4) is 11.1 Å². The Morgan fingerprint density at radius 3 is 2.36 bits per heavy atom. The molecule has 0 bridgehead atoms. The summed E-state index contributed by atoms with van der Waals surface area (Å²) in [4.78, 5) is 29.4. The van der Waals surface area contributed by atoms with Crippen molar-refractivity contribution >= 4 is 34.2 Å². The fourth-order valence-electron chi connectivity index (χ4n) is 3.09. The number of carbonyl (C=O) groups is 2. The molecule has 6 nitrogen and oxygen atoms in total. The third-order valence-electron chi connectivity index (χ3n) is 4.74. The zero-order valence-electron chi connectivity index (χ0n) is 16.4. The molecule has 2 aromatic carbocycles. The fourth-order valence-corrected chi connectivity index (χ4v) is 3.09. The number of benzene rings is 2. The Morgan fingerprint density at radius 1 is 1.11 bits per heavy atom. The lowest BCUT2D eigenvalue weighted by atomic mass is 9.97. The van der Waals surface area contributed by atoms with Gasteiger partial charge in [0.05, 0.1) is 23.0 Å². The van der Waals surface area contributed by atoms with Crippen LogP contribution in [-0.2, 0) is 4.79 Å². The van der Waals surface area contributed by atoms with Gasteiger partial charge < -0.3 is 15.3 Å². The highest BCUT2D eigenvalue weighted by Gasteiger charge is 2.17. The molecule has 28 heavy (non-hydrogen) atoms. The highest BCUT2D eigenvalue weighted by atomic mass is 16.4. The third kappa shape index (κ3) is 3.81. The molecule has 3 aromatic rings. The molecule has 2 N–H and O–H groups in total. The predicted octanol–water partition coefficient (Wildman–Crippen LogP) is 4.40. The van der Waals surface area contributed by atoms with E-state index in [0.29, 0.717) is 5.69 Å². The molecular formula is C22H23N3O3. The number of anilines is 2. The van der Waals surface area contributed by atoms with Gasteiger partial charge in [0.2, 0.25) is 5.91 Å². The van der Waals surface area contributed by atoms with Crippen LogP contribution in [0.25, 0.3) is 22.0 Å². The van der Waals surface area contributed by atoms with E-state index in [1.807, 2.05) is 37.5 Å². The number of hydrogen-bond acceptors (Lipinski definition) is 4. The second-order valence-electron chi connectivity index (χ2n) is 7.02. The minimum atomic E-state index is -0.975. The van der Waals surface area contributed by atoms with Crippen LogP contribution in [0.1, 0.15) is 31.1 Å². The fraction of sp³-hybridized carbons (Fsp3) is 0.227. The summed E-state index contributed by atoms with van der Waals surface area (Å²) in [7, 11) is 1.99. The number of amides is 1. The molecule has 0 saturated heterocycles. The second-order valence-corrected chi connectivity index (χ2v) is 7.02. The monoisotopic (exact) mass is 377 g/mol. The highest BCUT2D eigenvalue weighted by Crippen LogP contribution is 2.37. The molecule has 144 valence electrons. The van der Waals surface area contributed by atoms with Gasteiger partial charge in [0.25, 0.3) is 0 Å². The number of carbonyl (C=O) groups excluding carboxylic acids is 1. The Morgan fingerprint density at radius 2 is 1.79 bits per heavy atom. The van der Waals surface area contributed by atoms with Gasteiger partial charge in [-0.2, -0.15) is 0 Å². The number of carboxylic acids is 1. The zero-order chi connectivity index (χ0) is 20.4. The molecule has 0 atom stereocenters. The normalized spacial score (nSPS) is 10.9. The van der Waals surface area contributed by atoms with Crippen molar-refractivity contribution in [1.29, 1.82) is 0 Å². The van der Waals surface area contributed by atoms with E-state index in [4.69, 9.17) is 0 Å². The predicted molar refractivity (Wildman–Crippen MR) is 112 cm³/mol. The molecule has 6 heteroatoms. The van der Waals surface area contributed by atoms with Crippen molar-refractivity contribution in [3.63, 3.8) is 0 Å². The van der Waals surface area contributed by atoms with E-state index in [0.717, 1.165) is 27.7 Å². The van der Waals surface area contributed by atoms with Gasteiger partial charge in [-0.3, -0.25) is 9.78 Å². The maximum absolute atomic E-state index is 11.5. The molecule has 0 fully saturated rings. The maximum Gasteiger partial charge on any atom is 0.335 e. The van der Waals surface area contributed by atoms with Gasteiger partial charge in [0.15, 0.2) is 0 Å². The Hall–Kier alpha value is -3.41. The summed E-state index contributed by atoms with van der Waals surface area (Å²) in [6, 6.07) is 12.7. The summed E-state index contributed by atoms with van der Waals surface area (Å²) in [6.45, 7) is 5.64. The van der Waals surface area contributed by atoms with E-state index in [1.54, 1.807) is 18.2 Å². The molecular weight excluding hydrogens is 354 g/mol. The minimum Gasteiger partial charge on any atom is -0.478 e. The number of fused-ring (bicyclic) bond motifs is 1. The number of nitrogens with zero attached hydrogens (tertiary/aromatic N) is 2. The summed E-state index contributed by atoms with van der Waals surface area (Å²) in [5.74, 6) is -1.11. The van der Waals surface area contributed by atoms with E-state index in [9.17, 15) is 14.7 Å². The van der Waals surface area contributed by atoms with Gasteiger partial charge in [-0.1, -0.05) is 12.1 Å². The van der Waals surface area contributed by atoms with Gasteiger partial charge in [0.1, 0.15) is 0 Å². The topological polar surface area (TPSA) is 82.5 Å². The first kappa shape index (κ1) is 19.4. The first-order chi connectivity index (χ1) is 13.3. The second kappa shape index (κ2) is 7.68. The lowest BCUT2D eigenvalue weighted by Crippen LogP contribution is -2.26. The third-order valence-corrected chi connectivity index (χ3v) is 4.74. The summed E-state index contributed by atoms with van der Waals surface area (Å²) in [6.07, 6.45) is 1.82. The van der Waals surface area contributed by atoms with Crippen LogP contribution < -0.4 is 10.2 Å². The van der Waals surface area contributed by atoms with Gasteiger partial charge in [0, 0.05) is 36.7 Å². The van der Waals surface area contributed by atoms with Crippen LogP contribution in [0.3, 0.4) is 0 Å². The number of aromatic nitrogens is 1. The Balaban J connectivity index is 2.26. The summed E-state index contributed by atoms with van der Waals surface area (Å²) >= 11 is 0. The summed E-state index contributed by atoms with van der Waals surface area (Å²) < 4.78 is 0. The largest absolute Gasteiger partial charge is 0.478 e. The molecule has 0 aliphatic rings. The van der Waals surface area contributed by atoms with Gasteiger partial charge in [-0.25, -0.2) is 4.79 Å². The van der Waals surface area contributed by atoms with E-state index in [1.165, 1.54) is 6.92 Å². The zero-order valence-corrected chi connectivity index (χ0v) is 16.4. The lowest BCUT2D eigenvalue weighted by Gasteiger charge is -2.27. The molecule has 0 spiro atoms. The molecule has 3 rings (SSSR count). The smallest absolute Gasteiger partial charge is 0.335 e. The molecule has 0 aliphatic heterocycles. The first-order valence-electron chi connectivity index (χ1n) is 9.05. The van der Waals surface area contributed by atoms with Crippen molar-refractivity contribution < 1.29 is 14.7 Å². The first-order valence-corrected chi connectivity index (χ1v) is 9.05. The number of rotatable bonds is 5. The van der Waals surface area contributed by atoms with Gasteiger partial charge in [-0.15, -0.1) is 0 Å². The molecule has 1 amide bonds. The van der Waals surface area contributed by atoms with Crippen molar-refractivity contribution in [2.75, 3.05) is 17.3 Å². The van der Waals surface area contributed by atoms with E-state index >= 15 is 0 Å². The number of nitrogens with one attached hydrogen (secondary N) is 1. The van der Waals surface area contributed by atoms with Gasteiger partial charge >= 0.3 is 5.97 Å². The van der Waals surface area contributed by atoms with Crippen molar-refractivity contribution in [2.45, 2.75) is 26.8 Å². The van der Waals surface area contributed by atoms with E-state index < -0.39 is 5.97 Å². The average molecular weight is 377 g/mol. The molecule has 1 aromatic heterocycles. The number of hydrogen-bond donors (Lipinski definition) is 2. The molecule has 0 aliphatic carbocycles.